The highest BCUT2D eigenvalue weighted by Crippen LogP contribution is 2.26. The first-order valence-corrected chi connectivity index (χ1v) is 15.5. The number of aliphatic hydroxyl groups excluding tert-OH is 4. The van der Waals surface area contributed by atoms with Gasteiger partial charge < -0.3 is 46.1 Å². The standard InChI is InChI=1S/C29H49N7O7/c1-18(2)12-10-8-6-4-3-5-7-9-11-13-20(39)30-14-21(40)35-22-24(41)25(42)29(43-26(22)19(38)15-37)36-28-23-27(32-16-31-23)33-17-34-28/h16-19,22,24-26,29,37-38,41-42H,3-15H2,1-2H3,(H,30,39)(H,35,40)(H2,31,32,33,34,36)/t19?,22-,24-,25-,26+,29+/m1/s1. The van der Waals surface area contributed by atoms with Gasteiger partial charge in [-0.05, 0) is 12.3 Å². The van der Waals surface area contributed by atoms with Gasteiger partial charge in [-0.2, -0.15) is 0 Å². The van der Waals surface area contributed by atoms with Crippen LogP contribution in [0.5, 0.6) is 0 Å². The second kappa shape index (κ2) is 18.0. The summed E-state index contributed by atoms with van der Waals surface area (Å²) >= 11 is 0. The Morgan fingerprint density at radius 3 is 2.30 bits per heavy atom. The van der Waals surface area contributed by atoms with E-state index in [-0.39, 0.29) is 18.3 Å². The molecule has 1 aliphatic rings. The van der Waals surface area contributed by atoms with E-state index >= 15 is 0 Å². The molecular weight excluding hydrogens is 558 g/mol. The van der Waals surface area contributed by atoms with Crippen molar-refractivity contribution in [3.05, 3.63) is 12.7 Å². The average Bonchev–Trinajstić information content (AvgIpc) is 3.48. The van der Waals surface area contributed by atoms with E-state index in [0.717, 1.165) is 31.6 Å². The van der Waals surface area contributed by atoms with E-state index < -0.39 is 49.2 Å². The lowest BCUT2D eigenvalue weighted by atomic mass is 9.92. The maximum Gasteiger partial charge on any atom is 0.239 e. The zero-order valence-corrected chi connectivity index (χ0v) is 25.2. The van der Waals surface area contributed by atoms with Crippen LogP contribution in [0.3, 0.4) is 0 Å². The molecule has 242 valence electrons. The number of fused-ring (bicyclic) bond motifs is 1. The molecule has 0 aromatic carbocycles. The fourth-order valence-electron chi connectivity index (χ4n) is 5.23. The van der Waals surface area contributed by atoms with Gasteiger partial charge in [0.25, 0.3) is 0 Å². The molecule has 6 atom stereocenters. The number of imidazole rings is 1. The normalized spacial score (nSPS) is 22.9. The number of hydrogen-bond acceptors (Lipinski definition) is 11. The van der Waals surface area contributed by atoms with Crippen LogP contribution in [0.4, 0.5) is 5.82 Å². The van der Waals surface area contributed by atoms with Crippen LogP contribution in [0.2, 0.25) is 0 Å². The second-order valence-corrected chi connectivity index (χ2v) is 11.7. The lowest BCUT2D eigenvalue weighted by molar-refractivity contribution is -0.204. The van der Waals surface area contributed by atoms with Gasteiger partial charge in [0.2, 0.25) is 11.8 Å². The van der Waals surface area contributed by atoms with Crippen molar-refractivity contribution < 1.29 is 34.8 Å². The lowest BCUT2D eigenvalue weighted by Gasteiger charge is -2.44. The number of amides is 2. The van der Waals surface area contributed by atoms with Gasteiger partial charge in [0.05, 0.1) is 25.5 Å². The van der Waals surface area contributed by atoms with Crippen LogP contribution in [0, 0.1) is 5.92 Å². The van der Waals surface area contributed by atoms with Crippen molar-refractivity contribution >= 4 is 28.8 Å². The first-order chi connectivity index (χ1) is 20.7. The molecule has 14 nitrogen and oxygen atoms in total. The van der Waals surface area contributed by atoms with Crippen molar-refractivity contribution in [2.45, 2.75) is 121 Å². The molecule has 43 heavy (non-hydrogen) atoms. The number of aliphatic hydroxyl groups is 4. The Kier molecular flexibility index (Phi) is 14.5. The van der Waals surface area contributed by atoms with Crippen molar-refractivity contribution in [2.24, 2.45) is 5.92 Å². The fraction of sp³-hybridized carbons (Fsp3) is 0.759. The molecule has 3 heterocycles. The predicted octanol–water partition coefficient (Wildman–Crippen LogP) is 1.11. The van der Waals surface area contributed by atoms with Gasteiger partial charge in [-0.3, -0.25) is 9.59 Å². The first kappa shape index (κ1) is 34.6. The molecule has 3 rings (SSSR count). The molecule has 2 amide bonds. The van der Waals surface area contributed by atoms with Crippen molar-refractivity contribution in [3.63, 3.8) is 0 Å². The van der Waals surface area contributed by atoms with E-state index in [1.165, 1.54) is 51.2 Å². The molecule has 0 aliphatic carbocycles. The van der Waals surface area contributed by atoms with Crippen molar-refractivity contribution in [2.75, 3.05) is 18.5 Å². The molecule has 14 heteroatoms. The zero-order valence-electron chi connectivity index (χ0n) is 25.2. The molecule has 0 bridgehead atoms. The molecule has 1 unspecified atom stereocenters. The Morgan fingerprint density at radius 2 is 1.63 bits per heavy atom. The third kappa shape index (κ3) is 10.9. The topological polar surface area (TPSA) is 215 Å². The molecule has 1 aliphatic heterocycles. The summed E-state index contributed by atoms with van der Waals surface area (Å²) in [6.45, 7) is 3.45. The minimum Gasteiger partial charge on any atom is -0.394 e. The smallest absolute Gasteiger partial charge is 0.239 e. The molecule has 2 aromatic heterocycles. The Balaban J connectivity index is 1.38. The van der Waals surface area contributed by atoms with E-state index in [4.69, 9.17) is 4.74 Å². The Labute approximate surface area is 252 Å². The minimum absolute atomic E-state index is 0.230. The highest BCUT2D eigenvalue weighted by molar-refractivity contribution is 5.85. The summed E-state index contributed by atoms with van der Waals surface area (Å²) < 4.78 is 5.79. The summed E-state index contributed by atoms with van der Waals surface area (Å²) in [6, 6.07) is -1.27. The summed E-state index contributed by atoms with van der Waals surface area (Å²) in [5.41, 5.74) is 0.793. The van der Waals surface area contributed by atoms with Crippen LogP contribution >= 0.6 is 0 Å². The number of nitrogens with one attached hydrogen (secondary N) is 4. The highest BCUT2D eigenvalue weighted by atomic mass is 16.5. The number of hydrogen-bond donors (Lipinski definition) is 8. The molecule has 0 spiro atoms. The van der Waals surface area contributed by atoms with Gasteiger partial charge in [0.15, 0.2) is 17.7 Å². The quantitative estimate of drug-likeness (QED) is 0.106. The molecule has 2 aromatic rings. The summed E-state index contributed by atoms with van der Waals surface area (Å²) in [5.74, 6) is 0.111. The van der Waals surface area contributed by atoms with Crippen LogP contribution in [-0.2, 0) is 14.3 Å². The summed E-state index contributed by atoms with van der Waals surface area (Å²) in [5, 5.41) is 49.5. The number of aromatic amines is 1. The third-order valence-electron chi connectivity index (χ3n) is 7.71. The van der Waals surface area contributed by atoms with Crippen molar-refractivity contribution in [3.8, 4) is 0 Å². The Morgan fingerprint density at radius 1 is 0.953 bits per heavy atom. The number of rotatable bonds is 19. The number of carbonyl (C=O) groups excluding carboxylic acids is 2. The van der Waals surface area contributed by atoms with Gasteiger partial charge in [-0.1, -0.05) is 71.6 Å². The largest absolute Gasteiger partial charge is 0.394 e. The van der Waals surface area contributed by atoms with E-state index in [2.05, 4.69) is 49.7 Å². The molecule has 0 radical (unpaired) electrons. The second-order valence-electron chi connectivity index (χ2n) is 11.7. The van der Waals surface area contributed by atoms with Crippen LogP contribution in [0.15, 0.2) is 12.7 Å². The van der Waals surface area contributed by atoms with Crippen LogP contribution in [-0.4, -0.2) is 102 Å². The predicted molar refractivity (Wildman–Crippen MR) is 160 cm³/mol. The van der Waals surface area contributed by atoms with Crippen molar-refractivity contribution in [1.82, 2.24) is 30.6 Å². The first-order valence-electron chi connectivity index (χ1n) is 15.5. The number of ether oxygens (including phenoxy) is 1. The zero-order chi connectivity index (χ0) is 31.2. The van der Waals surface area contributed by atoms with Crippen LogP contribution < -0.4 is 16.0 Å². The van der Waals surface area contributed by atoms with Gasteiger partial charge in [0, 0.05) is 6.42 Å². The minimum atomic E-state index is -1.59. The monoisotopic (exact) mass is 607 g/mol. The van der Waals surface area contributed by atoms with Gasteiger partial charge >= 0.3 is 0 Å². The van der Waals surface area contributed by atoms with Crippen LogP contribution in [0.1, 0.15) is 84.5 Å². The average molecular weight is 608 g/mol. The van der Waals surface area contributed by atoms with Crippen LogP contribution in [0.25, 0.3) is 11.2 Å². The Hall–Kier alpha value is -2.91. The number of anilines is 1. The summed E-state index contributed by atoms with van der Waals surface area (Å²) in [7, 11) is 0. The maximum atomic E-state index is 12.6. The SMILES string of the molecule is CC(C)CCCCCCCCCCCC(=O)NCC(=O)N[C@@H]1[C@@H](O)[C@@H](O)[C@@H](Nc2ncnc3nc[nH]c23)O[C@H]1C(O)CO. The summed E-state index contributed by atoms with van der Waals surface area (Å²) in [6.07, 6.45) is 7.41. The molecule has 1 saturated heterocycles. The molecule has 0 saturated carbocycles. The number of aromatic nitrogens is 4. The van der Waals surface area contributed by atoms with Gasteiger partial charge in [0.1, 0.15) is 36.3 Å². The number of H-pyrrole nitrogens is 1. The van der Waals surface area contributed by atoms with E-state index in [1.54, 1.807) is 0 Å². The maximum absolute atomic E-state index is 12.6. The third-order valence-corrected chi connectivity index (χ3v) is 7.71. The number of nitrogens with zero attached hydrogens (tertiary/aromatic N) is 3. The lowest BCUT2D eigenvalue weighted by Crippen LogP contribution is -2.68. The van der Waals surface area contributed by atoms with Gasteiger partial charge in [-0.15, -0.1) is 0 Å². The molecule has 8 N–H and O–H groups in total. The number of unbranched alkanes of at least 4 members (excludes halogenated alkanes) is 8. The van der Waals surface area contributed by atoms with E-state index in [9.17, 15) is 30.0 Å². The molecule has 1 fully saturated rings. The Bertz CT molecular complexity index is 1120. The van der Waals surface area contributed by atoms with E-state index in [0.29, 0.717) is 17.6 Å². The number of carbonyl (C=O) groups is 2. The van der Waals surface area contributed by atoms with Crippen molar-refractivity contribution in [1.29, 1.82) is 0 Å². The van der Waals surface area contributed by atoms with E-state index in [1.807, 2.05) is 0 Å². The molecular formula is C29H49N7O7. The van der Waals surface area contributed by atoms with Gasteiger partial charge in [-0.25, -0.2) is 15.0 Å². The summed E-state index contributed by atoms with van der Waals surface area (Å²) in [4.78, 5) is 39.9. The fourth-order valence-corrected chi connectivity index (χ4v) is 5.23. The highest BCUT2D eigenvalue weighted by Gasteiger charge is 2.48.